The molecule has 4 atom stereocenters. The van der Waals surface area contributed by atoms with Crippen LogP contribution in [0.3, 0.4) is 0 Å². The molecule has 0 saturated carbocycles. The largest absolute Gasteiger partial charge is 0.393 e. The van der Waals surface area contributed by atoms with E-state index in [0.29, 0.717) is 0 Å². The molecule has 0 unspecified atom stereocenters. The lowest BCUT2D eigenvalue weighted by Crippen LogP contribution is -2.52. The van der Waals surface area contributed by atoms with Crippen molar-refractivity contribution in [3.63, 3.8) is 0 Å². The van der Waals surface area contributed by atoms with Crippen LogP contribution in [0.2, 0.25) is 0 Å². The minimum Gasteiger partial charge on any atom is -0.393 e. The van der Waals surface area contributed by atoms with Gasteiger partial charge in [-0.25, -0.2) is 0 Å². The predicted molar refractivity (Wildman–Crippen MR) is 40.7 cm³/mol. The highest BCUT2D eigenvalue weighted by atomic mass is 16.8. The molecule has 1 rings (SSSR count). The van der Waals surface area contributed by atoms with E-state index < -0.39 is 30.9 Å². The van der Waals surface area contributed by atoms with E-state index in [2.05, 4.69) is 0 Å². The molecule has 0 spiro atoms. The van der Waals surface area contributed by atoms with Crippen molar-refractivity contribution in [3.8, 4) is 0 Å². The van der Waals surface area contributed by atoms with Crippen molar-refractivity contribution in [3.05, 3.63) is 0 Å². The van der Waals surface area contributed by atoms with Gasteiger partial charge in [0, 0.05) is 14.2 Å². The van der Waals surface area contributed by atoms with E-state index in [1.807, 2.05) is 0 Å². The van der Waals surface area contributed by atoms with Gasteiger partial charge in [-0.1, -0.05) is 0 Å². The molecule has 0 aromatic carbocycles. The summed E-state index contributed by atoms with van der Waals surface area (Å²) in [6.07, 6.45) is -3.40. The molecule has 0 aliphatic carbocycles. The molecule has 0 aromatic rings. The fourth-order valence-corrected chi connectivity index (χ4v) is 1.30. The minimum absolute atomic E-state index is 0.660. The van der Waals surface area contributed by atoms with Gasteiger partial charge >= 0.3 is 0 Å². The zero-order valence-electron chi connectivity index (χ0n) is 7.51. The van der Waals surface area contributed by atoms with Gasteiger partial charge in [0.2, 0.25) is 0 Å². The van der Waals surface area contributed by atoms with Crippen molar-refractivity contribution in [2.45, 2.75) is 24.3 Å². The standard InChI is InChI=1S/C7H14O6/c1-11-5-4(9)7(10,3-8)6(12-2)13-5/h4-6,8-10H,3H2,1-2H3/t4-,5+,6-,7+/m0/s1. The quantitative estimate of drug-likeness (QED) is 0.484. The Morgan fingerprint density at radius 1 is 1.38 bits per heavy atom. The molecule has 1 fully saturated rings. The van der Waals surface area contributed by atoms with E-state index in [-0.39, 0.29) is 0 Å². The first kappa shape index (κ1) is 10.8. The third-order valence-electron chi connectivity index (χ3n) is 2.14. The summed E-state index contributed by atoms with van der Waals surface area (Å²) in [7, 11) is 2.62. The van der Waals surface area contributed by atoms with E-state index in [4.69, 9.17) is 19.3 Å². The Balaban J connectivity index is 2.80. The lowest BCUT2D eigenvalue weighted by atomic mass is 9.99. The molecule has 78 valence electrons. The Bertz CT molecular complexity index is 170. The van der Waals surface area contributed by atoms with Gasteiger partial charge in [0.25, 0.3) is 0 Å². The summed E-state index contributed by atoms with van der Waals surface area (Å²) in [5.41, 5.74) is -1.82. The maximum Gasteiger partial charge on any atom is 0.194 e. The molecule has 3 N–H and O–H groups in total. The van der Waals surface area contributed by atoms with Crippen LogP contribution in [0.4, 0.5) is 0 Å². The molecule has 1 aliphatic heterocycles. The average molecular weight is 194 g/mol. The molecule has 1 heterocycles. The molecular formula is C7H14O6. The Hall–Kier alpha value is -0.240. The first-order valence-corrected chi connectivity index (χ1v) is 3.82. The summed E-state index contributed by atoms with van der Waals surface area (Å²) in [5.74, 6) is 0. The van der Waals surface area contributed by atoms with E-state index in [0.717, 1.165) is 0 Å². The van der Waals surface area contributed by atoms with Crippen molar-refractivity contribution >= 4 is 0 Å². The van der Waals surface area contributed by atoms with Crippen LogP contribution < -0.4 is 0 Å². The van der Waals surface area contributed by atoms with Crippen LogP contribution in [0.15, 0.2) is 0 Å². The summed E-state index contributed by atoms with van der Waals surface area (Å²) in [4.78, 5) is 0. The van der Waals surface area contributed by atoms with Crippen molar-refractivity contribution in [1.82, 2.24) is 0 Å². The highest BCUT2D eigenvalue weighted by molar-refractivity contribution is 4.97. The SMILES string of the molecule is CO[C@@H]1O[C@H](OC)[C@@](O)(CO)[C@H]1O. The van der Waals surface area contributed by atoms with Gasteiger partial charge in [0.1, 0.15) is 6.10 Å². The molecule has 13 heavy (non-hydrogen) atoms. The first-order valence-electron chi connectivity index (χ1n) is 3.82. The number of hydrogen-bond donors (Lipinski definition) is 3. The lowest BCUT2D eigenvalue weighted by molar-refractivity contribution is -0.223. The number of methoxy groups -OCH3 is 2. The van der Waals surface area contributed by atoms with Gasteiger partial charge in [0.15, 0.2) is 18.2 Å². The zero-order chi connectivity index (χ0) is 10.1. The predicted octanol–water partition coefficient (Wildman–Crippen LogP) is -1.95. The molecule has 1 saturated heterocycles. The van der Waals surface area contributed by atoms with Crippen LogP contribution in [-0.4, -0.2) is 60.4 Å². The Morgan fingerprint density at radius 2 is 2.00 bits per heavy atom. The van der Waals surface area contributed by atoms with Gasteiger partial charge in [-0.2, -0.15) is 0 Å². The van der Waals surface area contributed by atoms with E-state index in [9.17, 15) is 10.2 Å². The number of aliphatic hydroxyl groups is 3. The highest BCUT2D eigenvalue weighted by Gasteiger charge is 2.56. The highest BCUT2D eigenvalue weighted by Crippen LogP contribution is 2.31. The Labute approximate surface area is 75.6 Å². The summed E-state index contributed by atoms with van der Waals surface area (Å²) in [6, 6.07) is 0. The van der Waals surface area contributed by atoms with Gasteiger partial charge < -0.3 is 29.5 Å². The maximum atomic E-state index is 9.70. The Kier molecular flexibility index (Phi) is 3.23. The number of ether oxygens (including phenoxy) is 3. The fraction of sp³-hybridized carbons (Fsp3) is 1.00. The lowest BCUT2D eigenvalue weighted by Gasteiger charge is -2.26. The molecule has 0 amide bonds. The molecular weight excluding hydrogens is 180 g/mol. The normalized spacial score (nSPS) is 45.5. The van der Waals surface area contributed by atoms with E-state index in [1.54, 1.807) is 0 Å². The van der Waals surface area contributed by atoms with Crippen LogP contribution in [0.5, 0.6) is 0 Å². The fourth-order valence-electron chi connectivity index (χ4n) is 1.30. The minimum atomic E-state index is -1.82. The van der Waals surface area contributed by atoms with Gasteiger partial charge in [-0.05, 0) is 0 Å². The van der Waals surface area contributed by atoms with Crippen molar-refractivity contribution < 1.29 is 29.5 Å². The number of rotatable bonds is 3. The van der Waals surface area contributed by atoms with Crippen molar-refractivity contribution in [2.75, 3.05) is 20.8 Å². The molecule has 6 nitrogen and oxygen atoms in total. The van der Waals surface area contributed by atoms with Crippen LogP contribution in [0.25, 0.3) is 0 Å². The smallest absolute Gasteiger partial charge is 0.194 e. The molecule has 0 bridgehead atoms. The zero-order valence-corrected chi connectivity index (χ0v) is 7.51. The summed E-state index contributed by atoms with van der Waals surface area (Å²) in [5, 5.41) is 28.1. The molecule has 6 heteroatoms. The van der Waals surface area contributed by atoms with Crippen molar-refractivity contribution in [2.24, 2.45) is 0 Å². The van der Waals surface area contributed by atoms with Gasteiger partial charge in [-0.15, -0.1) is 0 Å². The average Bonchev–Trinajstić information content (AvgIpc) is 2.41. The van der Waals surface area contributed by atoms with Crippen LogP contribution >= 0.6 is 0 Å². The third-order valence-corrected chi connectivity index (χ3v) is 2.14. The van der Waals surface area contributed by atoms with Gasteiger partial charge in [0.05, 0.1) is 6.61 Å². The Morgan fingerprint density at radius 3 is 2.31 bits per heavy atom. The second-order valence-corrected chi connectivity index (χ2v) is 2.90. The molecule has 1 aliphatic rings. The second-order valence-electron chi connectivity index (χ2n) is 2.90. The molecule has 0 aromatic heterocycles. The van der Waals surface area contributed by atoms with Gasteiger partial charge in [-0.3, -0.25) is 0 Å². The third kappa shape index (κ3) is 1.56. The topological polar surface area (TPSA) is 88.4 Å². The van der Waals surface area contributed by atoms with Crippen LogP contribution in [0.1, 0.15) is 0 Å². The van der Waals surface area contributed by atoms with E-state index >= 15 is 0 Å². The monoisotopic (exact) mass is 194 g/mol. The second kappa shape index (κ2) is 3.87. The first-order chi connectivity index (χ1) is 6.10. The maximum absolute atomic E-state index is 9.70. The summed E-state index contributed by atoms with van der Waals surface area (Å²) in [6.45, 7) is -0.660. The van der Waals surface area contributed by atoms with E-state index in [1.165, 1.54) is 14.2 Å². The molecule has 0 radical (unpaired) electrons. The summed E-state index contributed by atoms with van der Waals surface area (Å²) >= 11 is 0. The van der Waals surface area contributed by atoms with Crippen LogP contribution in [-0.2, 0) is 14.2 Å². The van der Waals surface area contributed by atoms with Crippen LogP contribution in [0, 0.1) is 0 Å². The van der Waals surface area contributed by atoms with Crippen molar-refractivity contribution in [1.29, 1.82) is 0 Å². The number of aliphatic hydroxyl groups excluding tert-OH is 2. The number of hydrogen-bond acceptors (Lipinski definition) is 6. The summed E-state index contributed by atoms with van der Waals surface area (Å²) < 4.78 is 14.5.